The zero-order valence-electron chi connectivity index (χ0n) is 17.2. The summed E-state index contributed by atoms with van der Waals surface area (Å²) < 4.78 is 5.18. The summed E-state index contributed by atoms with van der Waals surface area (Å²) in [6.45, 7) is 1.99. The van der Waals surface area contributed by atoms with Gasteiger partial charge in [0.15, 0.2) is 10.9 Å². The molecule has 1 fully saturated rings. The van der Waals surface area contributed by atoms with Gasteiger partial charge in [-0.1, -0.05) is 23.9 Å². The molecule has 0 bridgehead atoms. The summed E-state index contributed by atoms with van der Waals surface area (Å²) in [5.41, 5.74) is 3.58. The van der Waals surface area contributed by atoms with Gasteiger partial charge in [-0.15, -0.1) is 0 Å². The fourth-order valence-corrected chi connectivity index (χ4v) is 4.49. The second kappa shape index (κ2) is 8.88. The van der Waals surface area contributed by atoms with Crippen LogP contribution in [0, 0.1) is 0 Å². The summed E-state index contributed by atoms with van der Waals surface area (Å²) in [6.07, 6.45) is 4.98. The zero-order valence-corrected chi connectivity index (χ0v) is 18.0. The van der Waals surface area contributed by atoms with E-state index in [2.05, 4.69) is 15.0 Å². The van der Waals surface area contributed by atoms with Crippen LogP contribution in [0.2, 0.25) is 0 Å². The second-order valence-corrected chi connectivity index (χ2v) is 8.45. The number of nitrogens with one attached hydrogen (secondary N) is 1. The molecule has 0 radical (unpaired) electrons. The molecule has 0 spiro atoms. The summed E-state index contributed by atoms with van der Waals surface area (Å²) in [5, 5.41) is 0.843. The lowest BCUT2D eigenvalue weighted by molar-refractivity contribution is 0.0518. The molecule has 9 heteroatoms. The molecule has 4 aromatic rings. The first-order valence-corrected chi connectivity index (χ1v) is 11.3. The molecule has 0 atom stereocenters. The lowest BCUT2D eigenvalue weighted by atomic mass is 10.1. The highest BCUT2D eigenvalue weighted by Gasteiger charge is 2.26. The molecular weight excluding hydrogens is 426 g/mol. The molecule has 5 rings (SSSR count). The number of furan rings is 1. The first-order valence-electron chi connectivity index (χ1n) is 10.3. The fraction of sp³-hybridized carbons (Fsp3) is 0.217. The monoisotopic (exact) mass is 447 g/mol. The van der Waals surface area contributed by atoms with E-state index in [9.17, 15) is 9.59 Å². The summed E-state index contributed by atoms with van der Waals surface area (Å²) in [6, 6.07) is 12.9. The van der Waals surface area contributed by atoms with Crippen molar-refractivity contribution >= 4 is 34.6 Å². The summed E-state index contributed by atoms with van der Waals surface area (Å²) >= 11 is 1.61. The topological polar surface area (TPSA) is 95.3 Å². The normalized spacial score (nSPS) is 14.1. The lowest BCUT2D eigenvalue weighted by Gasteiger charge is -2.34. The number of aromatic nitrogens is 3. The molecule has 3 aromatic heterocycles. The van der Waals surface area contributed by atoms with Crippen LogP contribution >= 0.6 is 11.8 Å². The number of nitrogens with zero attached hydrogens (tertiary/aromatic N) is 4. The number of carbonyl (C=O) groups is 2. The summed E-state index contributed by atoms with van der Waals surface area (Å²) in [4.78, 5) is 40.6. The number of aromatic amines is 1. The van der Waals surface area contributed by atoms with Crippen molar-refractivity contribution in [2.45, 2.75) is 10.9 Å². The standard InChI is InChI=1S/C23H21N5O3S/c29-21(27-9-11-28(12-10-27)22(30)20-2-1-13-31-20)17-5-3-16(4-6-17)15-32-23-25-18-7-8-24-14-19(18)26-23/h1-8,13-14H,9-12,15H2,(H,25,26). The van der Waals surface area contributed by atoms with Crippen LogP contribution in [-0.4, -0.2) is 62.7 Å². The Kier molecular flexibility index (Phi) is 5.64. The Morgan fingerprint density at radius 3 is 2.44 bits per heavy atom. The minimum absolute atomic E-state index is 0.0147. The number of thioether (sulfide) groups is 1. The van der Waals surface area contributed by atoms with Crippen LogP contribution in [0.5, 0.6) is 0 Å². The van der Waals surface area contributed by atoms with E-state index in [1.807, 2.05) is 30.3 Å². The Morgan fingerprint density at radius 2 is 1.75 bits per heavy atom. The van der Waals surface area contributed by atoms with Crippen molar-refractivity contribution in [3.8, 4) is 0 Å². The van der Waals surface area contributed by atoms with E-state index >= 15 is 0 Å². The first-order chi connectivity index (χ1) is 15.7. The minimum Gasteiger partial charge on any atom is -0.459 e. The highest BCUT2D eigenvalue weighted by molar-refractivity contribution is 7.98. The van der Waals surface area contributed by atoms with Gasteiger partial charge in [-0.2, -0.15) is 0 Å². The Bertz CT molecular complexity index is 1200. The van der Waals surface area contributed by atoms with Crippen molar-refractivity contribution in [1.82, 2.24) is 24.8 Å². The number of amides is 2. The van der Waals surface area contributed by atoms with E-state index in [1.54, 1.807) is 46.1 Å². The number of hydrogen-bond donors (Lipinski definition) is 1. The van der Waals surface area contributed by atoms with Crippen LogP contribution in [0.25, 0.3) is 11.0 Å². The van der Waals surface area contributed by atoms with Crippen molar-refractivity contribution in [2.75, 3.05) is 26.2 Å². The van der Waals surface area contributed by atoms with Gasteiger partial charge in [0.1, 0.15) is 0 Å². The maximum atomic E-state index is 12.9. The summed E-state index contributed by atoms with van der Waals surface area (Å²) in [7, 11) is 0. The van der Waals surface area contributed by atoms with Gasteiger partial charge in [-0.25, -0.2) is 4.98 Å². The Balaban J connectivity index is 1.15. The number of carbonyl (C=O) groups excluding carboxylic acids is 2. The molecule has 0 aliphatic carbocycles. The molecule has 2 amide bonds. The number of fused-ring (bicyclic) bond motifs is 1. The molecule has 4 heterocycles. The molecule has 162 valence electrons. The van der Waals surface area contributed by atoms with Crippen LogP contribution in [0.1, 0.15) is 26.5 Å². The van der Waals surface area contributed by atoms with Gasteiger partial charge in [0.2, 0.25) is 0 Å². The third-order valence-corrected chi connectivity index (χ3v) is 6.37. The highest BCUT2D eigenvalue weighted by atomic mass is 32.2. The average Bonchev–Trinajstić information content (AvgIpc) is 3.52. The minimum atomic E-state index is -0.135. The van der Waals surface area contributed by atoms with Gasteiger partial charge < -0.3 is 19.2 Å². The van der Waals surface area contributed by atoms with Gasteiger partial charge in [0.05, 0.1) is 23.5 Å². The first kappa shape index (κ1) is 20.3. The fourth-order valence-electron chi connectivity index (χ4n) is 3.65. The zero-order chi connectivity index (χ0) is 21.9. The molecule has 1 aliphatic rings. The second-order valence-electron chi connectivity index (χ2n) is 7.48. The molecule has 1 aliphatic heterocycles. The smallest absolute Gasteiger partial charge is 0.289 e. The predicted molar refractivity (Wildman–Crippen MR) is 120 cm³/mol. The molecule has 32 heavy (non-hydrogen) atoms. The average molecular weight is 448 g/mol. The number of benzene rings is 1. The van der Waals surface area contributed by atoms with Gasteiger partial charge in [-0.05, 0) is 35.9 Å². The molecule has 1 N–H and O–H groups in total. The molecule has 0 saturated carbocycles. The van der Waals surface area contributed by atoms with Crippen molar-refractivity contribution in [3.63, 3.8) is 0 Å². The van der Waals surface area contributed by atoms with E-state index < -0.39 is 0 Å². The van der Waals surface area contributed by atoms with E-state index in [0.717, 1.165) is 27.5 Å². The molecular formula is C23H21N5O3S. The molecule has 1 aromatic carbocycles. The number of imidazole rings is 1. The van der Waals surface area contributed by atoms with Gasteiger partial charge in [0, 0.05) is 43.7 Å². The van der Waals surface area contributed by atoms with E-state index in [4.69, 9.17) is 4.42 Å². The Labute approximate surface area is 188 Å². The lowest BCUT2D eigenvalue weighted by Crippen LogP contribution is -2.50. The third-order valence-electron chi connectivity index (χ3n) is 5.42. The summed E-state index contributed by atoms with van der Waals surface area (Å²) in [5.74, 6) is 0.927. The van der Waals surface area contributed by atoms with Gasteiger partial charge >= 0.3 is 0 Å². The van der Waals surface area contributed by atoms with Crippen molar-refractivity contribution in [2.24, 2.45) is 0 Å². The SMILES string of the molecule is O=C(c1ccc(CSc2nc3ccncc3[nH]2)cc1)N1CCN(C(=O)c2ccco2)CC1. The van der Waals surface area contributed by atoms with Crippen LogP contribution in [-0.2, 0) is 5.75 Å². The van der Waals surface area contributed by atoms with Gasteiger partial charge in [-0.3, -0.25) is 14.6 Å². The van der Waals surface area contributed by atoms with Crippen LogP contribution < -0.4 is 0 Å². The largest absolute Gasteiger partial charge is 0.459 e. The Hall–Kier alpha value is -3.59. The van der Waals surface area contributed by atoms with Crippen molar-refractivity contribution in [1.29, 1.82) is 0 Å². The number of rotatable bonds is 5. The van der Waals surface area contributed by atoms with Crippen molar-refractivity contribution < 1.29 is 14.0 Å². The highest BCUT2D eigenvalue weighted by Crippen LogP contribution is 2.23. The Morgan fingerprint density at radius 1 is 1.00 bits per heavy atom. The number of piperazine rings is 1. The number of H-pyrrole nitrogens is 1. The molecule has 1 saturated heterocycles. The number of hydrogen-bond acceptors (Lipinski definition) is 6. The predicted octanol–water partition coefficient (Wildman–Crippen LogP) is 3.44. The van der Waals surface area contributed by atoms with Crippen LogP contribution in [0.3, 0.4) is 0 Å². The van der Waals surface area contributed by atoms with Crippen molar-refractivity contribution in [3.05, 3.63) is 78.0 Å². The maximum absolute atomic E-state index is 12.9. The van der Waals surface area contributed by atoms with E-state index in [-0.39, 0.29) is 11.8 Å². The van der Waals surface area contributed by atoms with Crippen LogP contribution in [0.15, 0.2) is 70.7 Å². The van der Waals surface area contributed by atoms with E-state index in [1.165, 1.54) is 6.26 Å². The van der Waals surface area contributed by atoms with Gasteiger partial charge in [0.25, 0.3) is 11.8 Å². The molecule has 0 unspecified atom stereocenters. The number of pyridine rings is 1. The van der Waals surface area contributed by atoms with E-state index in [0.29, 0.717) is 37.5 Å². The quantitative estimate of drug-likeness (QED) is 0.471. The maximum Gasteiger partial charge on any atom is 0.289 e. The van der Waals surface area contributed by atoms with Crippen LogP contribution in [0.4, 0.5) is 0 Å². The third kappa shape index (κ3) is 4.24. The molecule has 8 nitrogen and oxygen atoms in total.